The molecule has 1 aromatic heterocycles. The molecule has 1 heterocycles. The molecule has 1 atom stereocenters. The van der Waals surface area contributed by atoms with Gasteiger partial charge in [0.2, 0.25) is 5.60 Å². The van der Waals surface area contributed by atoms with Crippen LogP contribution in [0, 0.1) is 0 Å². The molecular weight excluding hydrogens is 297 g/mol. The Balaban J connectivity index is 2.42. The number of benzene rings is 1. The van der Waals surface area contributed by atoms with E-state index in [1.54, 1.807) is 30.3 Å². The Morgan fingerprint density at radius 3 is 2.45 bits per heavy atom. The number of hydrogen-bond acceptors (Lipinski definition) is 3. The normalized spacial score (nSPS) is 14.6. The van der Waals surface area contributed by atoms with E-state index >= 15 is 0 Å². The van der Waals surface area contributed by atoms with E-state index in [2.05, 4.69) is 4.98 Å². The molecule has 1 aromatic carbocycles. The summed E-state index contributed by atoms with van der Waals surface area (Å²) in [5.74, 6) is -1.35. The molecule has 0 saturated carbocycles. The Labute approximate surface area is 125 Å². The monoisotopic (exact) mass is 312 g/mol. The van der Waals surface area contributed by atoms with Gasteiger partial charge in [0.25, 0.3) is 0 Å². The summed E-state index contributed by atoms with van der Waals surface area (Å²) in [5, 5.41) is 10.1. The number of aliphatic hydroxyl groups is 1. The molecule has 2 rings (SSSR count). The maximum atomic E-state index is 13.3. The van der Waals surface area contributed by atoms with Gasteiger partial charge in [-0.1, -0.05) is 30.3 Å². The van der Waals surface area contributed by atoms with Crippen LogP contribution in [0.5, 0.6) is 0 Å². The first-order valence-electron chi connectivity index (χ1n) is 6.58. The van der Waals surface area contributed by atoms with Crippen molar-refractivity contribution in [3.05, 3.63) is 54.1 Å². The molecule has 118 valence electrons. The van der Waals surface area contributed by atoms with Crippen LogP contribution in [0.2, 0.25) is 0 Å². The van der Waals surface area contributed by atoms with Crippen molar-refractivity contribution in [3.63, 3.8) is 0 Å². The van der Waals surface area contributed by atoms with Gasteiger partial charge in [-0.2, -0.15) is 13.2 Å². The molecule has 0 amide bonds. The highest BCUT2D eigenvalue weighted by Crippen LogP contribution is 2.41. The van der Waals surface area contributed by atoms with Gasteiger partial charge in [0, 0.05) is 18.9 Å². The maximum absolute atomic E-state index is 13.3. The average molecular weight is 312 g/mol. The third-order valence-corrected chi connectivity index (χ3v) is 3.25. The molecule has 7 heteroatoms. The van der Waals surface area contributed by atoms with Crippen LogP contribution in [0.3, 0.4) is 0 Å². The molecule has 2 aromatic rings. The summed E-state index contributed by atoms with van der Waals surface area (Å²) >= 11 is 0. The minimum absolute atomic E-state index is 0.118. The molecule has 4 nitrogen and oxygen atoms in total. The summed E-state index contributed by atoms with van der Waals surface area (Å²) in [6, 6.07) is 8.82. The third kappa shape index (κ3) is 3.19. The molecular formula is C15H15F3N2O2. The number of Topliss-reactive ketones (excluding diaryl/α,β-unsaturated/α-hetero) is 1. The SMILES string of the molecule is CC(=O)CC(O)(c1nccn1Cc1ccccc1)C(F)(F)F. The second kappa shape index (κ2) is 5.92. The van der Waals surface area contributed by atoms with Gasteiger partial charge in [-0.05, 0) is 12.5 Å². The van der Waals surface area contributed by atoms with Gasteiger partial charge in [-0.3, -0.25) is 4.79 Å². The molecule has 1 unspecified atom stereocenters. The summed E-state index contributed by atoms with van der Waals surface area (Å²) in [6.07, 6.45) is -3.55. The highest BCUT2D eigenvalue weighted by Gasteiger charge is 2.58. The van der Waals surface area contributed by atoms with Gasteiger partial charge in [0.1, 0.15) is 5.78 Å². The van der Waals surface area contributed by atoms with E-state index < -0.39 is 29.8 Å². The Morgan fingerprint density at radius 2 is 1.91 bits per heavy atom. The van der Waals surface area contributed by atoms with E-state index in [4.69, 9.17) is 0 Å². The van der Waals surface area contributed by atoms with Crippen molar-refractivity contribution in [2.45, 2.75) is 31.7 Å². The largest absolute Gasteiger partial charge is 0.424 e. The molecule has 0 spiro atoms. The molecule has 1 N–H and O–H groups in total. The number of imidazole rings is 1. The van der Waals surface area contributed by atoms with Crippen molar-refractivity contribution in [3.8, 4) is 0 Å². The quantitative estimate of drug-likeness (QED) is 0.923. The zero-order valence-electron chi connectivity index (χ0n) is 11.8. The van der Waals surface area contributed by atoms with E-state index in [0.29, 0.717) is 0 Å². The number of halogens is 3. The van der Waals surface area contributed by atoms with Gasteiger partial charge >= 0.3 is 6.18 Å². The van der Waals surface area contributed by atoms with Crippen molar-refractivity contribution < 1.29 is 23.1 Å². The lowest BCUT2D eigenvalue weighted by molar-refractivity contribution is -0.270. The van der Waals surface area contributed by atoms with Crippen molar-refractivity contribution in [1.29, 1.82) is 0 Å². The minimum Gasteiger partial charge on any atom is -0.374 e. The summed E-state index contributed by atoms with van der Waals surface area (Å²) in [6.45, 7) is 1.12. The lowest BCUT2D eigenvalue weighted by Crippen LogP contribution is -2.46. The number of ketones is 1. The van der Waals surface area contributed by atoms with Gasteiger partial charge < -0.3 is 9.67 Å². The van der Waals surface area contributed by atoms with E-state index in [1.165, 1.54) is 17.0 Å². The molecule has 22 heavy (non-hydrogen) atoms. The number of aromatic nitrogens is 2. The number of carbonyl (C=O) groups excluding carboxylic acids is 1. The van der Waals surface area contributed by atoms with Gasteiger partial charge in [-0.15, -0.1) is 0 Å². The van der Waals surface area contributed by atoms with Crippen LogP contribution < -0.4 is 0 Å². The van der Waals surface area contributed by atoms with Crippen LogP contribution in [0.15, 0.2) is 42.7 Å². The molecule has 0 bridgehead atoms. The first-order valence-corrected chi connectivity index (χ1v) is 6.58. The number of alkyl halides is 3. The highest BCUT2D eigenvalue weighted by atomic mass is 19.4. The fourth-order valence-electron chi connectivity index (χ4n) is 2.25. The smallest absolute Gasteiger partial charge is 0.374 e. The summed E-state index contributed by atoms with van der Waals surface area (Å²) in [5.41, 5.74) is -2.54. The van der Waals surface area contributed by atoms with Crippen molar-refractivity contribution in [2.75, 3.05) is 0 Å². The molecule has 0 fully saturated rings. The van der Waals surface area contributed by atoms with E-state index in [1.807, 2.05) is 0 Å². The van der Waals surface area contributed by atoms with Crippen molar-refractivity contribution in [1.82, 2.24) is 9.55 Å². The van der Waals surface area contributed by atoms with E-state index in [9.17, 15) is 23.1 Å². The molecule has 0 aliphatic heterocycles. The topological polar surface area (TPSA) is 55.1 Å². The fraction of sp³-hybridized carbons (Fsp3) is 0.333. The zero-order chi connectivity index (χ0) is 16.4. The zero-order valence-corrected chi connectivity index (χ0v) is 11.8. The number of hydrogen-bond donors (Lipinski definition) is 1. The molecule has 0 aliphatic carbocycles. The Bertz CT molecular complexity index is 652. The number of carbonyl (C=O) groups is 1. The minimum atomic E-state index is -5.00. The second-order valence-corrected chi connectivity index (χ2v) is 5.10. The molecule has 0 radical (unpaired) electrons. The Hall–Kier alpha value is -2.15. The fourth-order valence-corrected chi connectivity index (χ4v) is 2.25. The van der Waals surface area contributed by atoms with Crippen LogP contribution in [0.25, 0.3) is 0 Å². The van der Waals surface area contributed by atoms with Crippen molar-refractivity contribution >= 4 is 5.78 Å². The molecule has 0 aliphatic rings. The Kier molecular flexibility index (Phi) is 4.37. The van der Waals surface area contributed by atoms with Crippen LogP contribution in [-0.4, -0.2) is 26.6 Å². The van der Waals surface area contributed by atoms with E-state index in [-0.39, 0.29) is 6.54 Å². The Morgan fingerprint density at radius 1 is 1.27 bits per heavy atom. The predicted octanol–water partition coefficient (Wildman–Crippen LogP) is 2.66. The average Bonchev–Trinajstić information content (AvgIpc) is 2.86. The molecule has 0 saturated heterocycles. The van der Waals surface area contributed by atoms with Gasteiger partial charge in [0.05, 0.1) is 6.42 Å². The maximum Gasteiger partial charge on any atom is 0.424 e. The summed E-state index contributed by atoms with van der Waals surface area (Å²) in [7, 11) is 0. The first kappa shape index (κ1) is 16.2. The number of nitrogens with zero attached hydrogens (tertiary/aromatic N) is 2. The van der Waals surface area contributed by atoms with Crippen LogP contribution in [0.4, 0.5) is 13.2 Å². The second-order valence-electron chi connectivity index (χ2n) is 5.10. The number of rotatable bonds is 5. The standard InChI is InChI=1S/C15H15F3N2O2/c1-11(21)9-14(22,15(16,17)18)13-19-7-8-20(13)10-12-5-3-2-4-6-12/h2-8,22H,9-10H2,1H3. The predicted molar refractivity (Wildman–Crippen MR) is 73.0 cm³/mol. The van der Waals surface area contributed by atoms with Gasteiger partial charge in [-0.25, -0.2) is 4.98 Å². The van der Waals surface area contributed by atoms with Crippen molar-refractivity contribution in [2.24, 2.45) is 0 Å². The lowest BCUT2D eigenvalue weighted by atomic mass is 9.95. The highest BCUT2D eigenvalue weighted by molar-refractivity contribution is 5.76. The van der Waals surface area contributed by atoms with E-state index in [0.717, 1.165) is 12.5 Å². The van der Waals surface area contributed by atoms with Crippen LogP contribution >= 0.6 is 0 Å². The third-order valence-electron chi connectivity index (χ3n) is 3.25. The van der Waals surface area contributed by atoms with Gasteiger partial charge in [0.15, 0.2) is 5.82 Å². The van der Waals surface area contributed by atoms with Crippen LogP contribution in [-0.2, 0) is 16.9 Å². The van der Waals surface area contributed by atoms with Crippen LogP contribution in [0.1, 0.15) is 24.7 Å². The first-order chi connectivity index (χ1) is 10.2. The lowest BCUT2D eigenvalue weighted by Gasteiger charge is -2.29. The summed E-state index contributed by atoms with van der Waals surface area (Å²) < 4.78 is 41.1. The summed E-state index contributed by atoms with van der Waals surface area (Å²) in [4.78, 5) is 14.8.